The highest BCUT2D eigenvalue weighted by atomic mass is 19.3. The number of hydrogen-bond donors (Lipinski definition) is 0. The predicted octanol–water partition coefficient (Wildman–Crippen LogP) is 14.5. The standard InChI is InChI=1S/C48H46F4O2/c1-31-11-15-33(16-12-31)35-19-25-39(26-20-35)47(49,50)53-43-29-23-37-7-3-5-9-41(37)45(43)46-42-10-6-4-8-38(42)24-30-44(46)54-48(51,52)40-27-21-36(22-28-40)34-17-13-32(2)14-18-34/h3-10,19-34H,11-18H2,1-2H3. The molecule has 278 valence electrons. The van der Waals surface area contributed by atoms with E-state index in [0.29, 0.717) is 34.4 Å². The molecule has 0 saturated heterocycles. The zero-order chi connectivity index (χ0) is 37.5. The number of alkyl halides is 4. The molecule has 6 heteroatoms. The van der Waals surface area contributed by atoms with Crippen molar-refractivity contribution < 1.29 is 27.0 Å². The smallest absolute Gasteiger partial charge is 0.426 e. The van der Waals surface area contributed by atoms with Gasteiger partial charge in [0.1, 0.15) is 11.5 Å². The monoisotopic (exact) mass is 730 g/mol. The molecule has 8 rings (SSSR count). The van der Waals surface area contributed by atoms with Gasteiger partial charge in [0.05, 0.1) is 11.1 Å². The summed E-state index contributed by atoms with van der Waals surface area (Å²) in [6, 6.07) is 34.0. The van der Waals surface area contributed by atoms with Crippen LogP contribution in [0.25, 0.3) is 32.7 Å². The Hall–Kier alpha value is -4.84. The van der Waals surface area contributed by atoms with Gasteiger partial charge in [-0.15, -0.1) is 0 Å². The first-order chi connectivity index (χ1) is 26.1. The van der Waals surface area contributed by atoms with E-state index in [1.807, 2.05) is 24.3 Å². The number of rotatable bonds is 9. The number of fused-ring (bicyclic) bond motifs is 2. The molecule has 0 aromatic heterocycles. The molecule has 0 amide bonds. The van der Waals surface area contributed by atoms with Crippen LogP contribution in [-0.4, -0.2) is 0 Å². The molecule has 0 bridgehead atoms. The van der Waals surface area contributed by atoms with Crippen LogP contribution >= 0.6 is 0 Å². The van der Waals surface area contributed by atoms with Gasteiger partial charge in [-0.2, -0.15) is 17.6 Å². The molecule has 6 aromatic carbocycles. The summed E-state index contributed by atoms with van der Waals surface area (Å²) in [7, 11) is 0. The van der Waals surface area contributed by atoms with Gasteiger partial charge in [-0.05, 0) is 118 Å². The van der Waals surface area contributed by atoms with Gasteiger partial charge in [0.15, 0.2) is 0 Å². The summed E-state index contributed by atoms with van der Waals surface area (Å²) in [6.45, 7) is 4.51. The van der Waals surface area contributed by atoms with E-state index in [0.717, 1.165) is 73.3 Å². The van der Waals surface area contributed by atoms with Crippen LogP contribution in [-0.2, 0) is 12.2 Å². The van der Waals surface area contributed by atoms with Crippen LogP contribution in [0.5, 0.6) is 11.5 Å². The van der Waals surface area contributed by atoms with Gasteiger partial charge in [0, 0.05) is 11.1 Å². The van der Waals surface area contributed by atoms with Crippen LogP contribution in [0.1, 0.15) is 99.3 Å². The maximum atomic E-state index is 16.3. The third kappa shape index (κ3) is 7.32. The highest BCUT2D eigenvalue weighted by molar-refractivity contribution is 6.09. The molecule has 2 aliphatic carbocycles. The summed E-state index contributed by atoms with van der Waals surface area (Å²) < 4.78 is 76.5. The molecule has 0 N–H and O–H groups in total. The molecule has 2 aliphatic rings. The summed E-state index contributed by atoms with van der Waals surface area (Å²) >= 11 is 0. The lowest BCUT2D eigenvalue weighted by atomic mass is 9.79. The number of ether oxygens (including phenoxy) is 2. The van der Waals surface area contributed by atoms with Gasteiger partial charge in [-0.25, -0.2) is 0 Å². The van der Waals surface area contributed by atoms with Crippen LogP contribution in [0.4, 0.5) is 17.6 Å². The average Bonchev–Trinajstić information content (AvgIpc) is 3.18. The van der Waals surface area contributed by atoms with Gasteiger partial charge >= 0.3 is 12.2 Å². The zero-order valence-corrected chi connectivity index (χ0v) is 30.8. The van der Waals surface area contributed by atoms with Gasteiger partial charge < -0.3 is 9.47 Å². The SMILES string of the molecule is CC1CCC(c2ccc(C(F)(F)Oc3ccc4ccccc4c3-c3c(OC(F)(F)c4ccc(C5CCC(C)CC5)cc4)ccc4ccccc34)cc2)CC1. The number of hydrogen-bond acceptors (Lipinski definition) is 2. The van der Waals surface area contributed by atoms with Gasteiger partial charge in [0.25, 0.3) is 0 Å². The Morgan fingerprint density at radius 1 is 0.426 bits per heavy atom. The lowest BCUT2D eigenvalue weighted by Crippen LogP contribution is -2.23. The Morgan fingerprint density at radius 3 is 1.15 bits per heavy atom. The fourth-order valence-corrected chi connectivity index (χ4v) is 8.67. The molecule has 2 saturated carbocycles. The van der Waals surface area contributed by atoms with E-state index in [1.165, 1.54) is 36.4 Å². The molecule has 0 spiro atoms. The second-order valence-corrected chi connectivity index (χ2v) is 15.7. The summed E-state index contributed by atoms with van der Waals surface area (Å²) in [6.07, 6.45) is 1.29. The van der Waals surface area contributed by atoms with Crippen molar-refractivity contribution in [2.45, 2.75) is 89.3 Å². The molecule has 0 atom stereocenters. The van der Waals surface area contributed by atoms with Crippen molar-refractivity contribution in [2.75, 3.05) is 0 Å². The second-order valence-electron chi connectivity index (χ2n) is 15.7. The lowest BCUT2D eigenvalue weighted by Gasteiger charge is -2.27. The normalized spacial score (nSPS) is 20.9. The van der Waals surface area contributed by atoms with Gasteiger partial charge in [0.2, 0.25) is 0 Å². The first-order valence-electron chi connectivity index (χ1n) is 19.4. The van der Waals surface area contributed by atoms with E-state index in [-0.39, 0.29) is 33.8 Å². The highest BCUT2D eigenvalue weighted by Gasteiger charge is 2.39. The quantitative estimate of drug-likeness (QED) is 0.138. The Balaban J connectivity index is 1.17. The number of benzene rings is 6. The zero-order valence-electron chi connectivity index (χ0n) is 30.8. The minimum absolute atomic E-state index is 0.139. The van der Waals surface area contributed by atoms with Crippen LogP contribution in [0.2, 0.25) is 0 Å². The summed E-state index contributed by atoms with van der Waals surface area (Å²) in [4.78, 5) is 0. The fraction of sp³-hybridized carbons (Fsp3) is 0.333. The van der Waals surface area contributed by atoms with Crippen molar-refractivity contribution in [3.05, 3.63) is 144 Å². The predicted molar refractivity (Wildman–Crippen MR) is 210 cm³/mol. The molecule has 0 unspecified atom stereocenters. The fourth-order valence-electron chi connectivity index (χ4n) is 8.67. The minimum atomic E-state index is -3.72. The third-order valence-corrected chi connectivity index (χ3v) is 12.0. The third-order valence-electron chi connectivity index (χ3n) is 12.0. The maximum Gasteiger partial charge on any atom is 0.426 e. The molecule has 54 heavy (non-hydrogen) atoms. The molecular weight excluding hydrogens is 685 g/mol. The van der Waals surface area contributed by atoms with Crippen LogP contribution < -0.4 is 9.47 Å². The largest absolute Gasteiger partial charge is 0.428 e. The van der Waals surface area contributed by atoms with E-state index < -0.39 is 12.2 Å². The summed E-state index contributed by atoms with van der Waals surface area (Å²) in [5.74, 6) is 1.82. The topological polar surface area (TPSA) is 18.5 Å². The van der Waals surface area contributed by atoms with Crippen LogP contribution in [0.3, 0.4) is 0 Å². The molecule has 2 fully saturated rings. The Morgan fingerprint density at radius 2 is 0.778 bits per heavy atom. The van der Waals surface area contributed by atoms with Crippen molar-refractivity contribution >= 4 is 21.5 Å². The van der Waals surface area contributed by atoms with Crippen molar-refractivity contribution in [3.8, 4) is 22.6 Å². The summed E-state index contributed by atoms with van der Waals surface area (Å²) in [5.41, 5.74) is 2.08. The van der Waals surface area contributed by atoms with E-state index in [2.05, 4.69) is 13.8 Å². The Labute approximate surface area is 315 Å². The van der Waals surface area contributed by atoms with Crippen molar-refractivity contribution in [1.29, 1.82) is 0 Å². The molecule has 6 aromatic rings. The van der Waals surface area contributed by atoms with E-state index in [9.17, 15) is 0 Å². The minimum Gasteiger partial charge on any atom is -0.428 e. The Bertz CT molecular complexity index is 2070. The number of halogens is 4. The van der Waals surface area contributed by atoms with Crippen LogP contribution in [0.15, 0.2) is 121 Å². The molecule has 2 nitrogen and oxygen atoms in total. The maximum absolute atomic E-state index is 16.3. The first kappa shape index (κ1) is 36.2. The van der Waals surface area contributed by atoms with Gasteiger partial charge in [-0.1, -0.05) is 124 Å². The molecular formula is C48H46F4O2. The van der Waals surface area contributed by atoms with Crippen molar-refractivity contribution in [2.24, 2.45) is 11.8 Å². The van der Waals surface area contributed by atoms with Crippen molar-refractivity contribution in [1.82, 2.24) is 0 Å². The lowest BCUT2D eigenvalue weighted by molar-refractivity contribution is -0.186. The van der Waals surface area contributed by atoms with E-state index in [4.69, 9.17) is 9.47 Å². The van der Waals surface area contributed by atoms with Crippen LogP contribution in [0, 0.1) is 11.8 Å². The van der Waals surface area contributed by atoms with Crippen molar-refractivity contribution in [3.63, 3.8) is 0 Å². The highest BCUT2D eigenvalue weighted by Crippen LogP contribution is 2.49. The molecule has 0 radical (unpaired) electrons. The second kappa shape index (κ2) is 14.8. The molecule has 0 heterocycles. The van der Waals surface area contributed by atoms with E-state index in [1.54, 1.807) is 60.7 Å². The summed E-state index contributed by atoms with van der Waals surface area (Å²) in [5, 5.41) is 2.63. The molecule has 0 aliphatic heterocycles. The van der Waals surface area contributed by atoms with E-state index >= 15 is 17.6 Å². The van der Waals surface area contributed by atoms with Gasteiger partial charge in [-0.3, -0.25) is 0 Å². The average molecular weight is 731 g/mol. The Kier molecular flexibility index (Phi) is 9.89. The first-order valence-corrected chi connectivity index (χ1v) is 19.4.